The molecule has 0 unspecified atom stereocenters. The van der Waals surface area contributed by atoms with E-state index in [1.807, 2.05) is 48.1 Å². The number of amides is 1. The highest BCUT2D eigenvalue weighted by molar-refractivity contribution is 9.10. The Kier molecular flexibility index (Phi) is 5.92. The smallest absolute Gasteiger partial charge is 0.220 e. The van der Waals surface area contributed by atoms with Gasteiger partial charge in [0, 0.05) is 41.6 Å². The SMILES string of the molecule is Cn1nc(Nc2cccc(-c3ccc4c(c3)OCCO4)c2Br)c2ccc(NC[C@@H]3CCC(=O)N3)cc21. The van der Waals surface area contributed by atoms with E-state index >= 15 is 0 Å². The lowest BCUT2D eigenvalue weighted by atomic mass is 10.0. The molecule has 8 nitrogen and oxygen atoms in total. The zero-order valence-corrected chi connectivity index (χ0v) is 21.4. The molecule has 0 aliphatic carbocycles. The average Bonchev–Trinajstić information content (AvgIpc) is 3.45. The number of aromatic nitrogens is 2. The summed E-state index contributed by atoms with van der Waals surface area (Å²) in [6, 6.07) is 18.5. The molecule has 9 heteroatoms. The summed E-state index contributed by atoms with van der Waals surface area (Å²) in [6.07, 6.45) is 1.47. The lowest BCUT2D eigenvalue weighted by molar-refractivity contribution is -0.119. The molecule has 1 amide bonds. The molecule has 3 aromatic carbocycles. The van der Waals surface area contributed by atoms with Crippen molar-refractivity contribution >= 4 is 49.9 Å². The number of hydrogen-bond acceptors (Lipinski definition) is 6. The normalized spacial score (nSPS) is 16.7. The number of nitrogens with one attached hydrogen (secondary N) is 3. The Balaban J connectivity index is 1.25. The highest BCUT2D eigenvalue weighted by Gasteiger charge is 2.20. The molecule has 1 atom stereocenters. The molecule has 0 saturated carbocycles. The van der Waals surface area contributed by atoms with E-state index < -0.39 is 0 Å². The fourth-order valence-electron chi connectivity index (χ4n) is 4.72. The van der Waals surface area contributed by atoms with Crippen molar-refractivity contribution in [3.8, 4) is 22.6 Å². The molecular weight excluding hydrogens is 522 g/mol. The Morgan fingerprint density at radius 2 is 1.97 bits per heavy atom. The van der Waals surface area contributed by atoms with Crippen LogP contribution >= 0.6 is 15.9 Å². The van der Waals surface area contributed by atoms with Crippen molar-refractivity contribution in [2.45, 2.75) is 18.9 Å². The number of rotatable bonds is 6. The standard InChI is InChI=1S/C27H26BrN5O3/c1-33-22-14-17(29-15-18-7-10-25(34)30-18)6-8-20(22)27(32-33)31-21-4-2-3-19(26(21)28)16-5-9-23-24(13-16)36-12-11-35-23/h2-6,8-9,13-14,18,29H,7,10-12,15H2,1H3,(H,30,34)(H,31,32)/t18-/m0/s1. The topological polar surface area (TPSA) is 89.4 Å². The Morgan fingerprint density at radius 3 is 2.81 bits per heavy atom. The number of halogens is 1. The third kappa shape index (κ3) is 4.35. The summed E-state index contributed by atoms with van der Waals surface area (Å²) in [7, 11) is 1.94. The van der Waals surface area contributed by atoms with Gasteiger partial charge in [0.05, 0.1) is 11.2 Å². The molecular formula is C27H26BrN5O3. The molecule has 0 spiro atoms. The van der Waals surface area contributed by atoms with Gasteiger partial charge >= 0.3 is 0 Å². The number of nitrogens with zero attached hydrogens (tertiary/aromatic N) is 2. The van der Waals surface area contributed by atoms with Crippen molar-refractivity contribution in [1.82, 2.24) is 15.1 Å². The first-order valence-electron chi connectivity index (χ1n) is 12.0. The minimum Gasteiger partial charge on any atom is -0.486 e. The third-order valence-corrected chi connectivity index (χ3v) is 7.45. The number of fused-ring (bicyclic) bond motifs is 2. The van der Waals surface area contributed by atoms with Crippen LogP contribution in [0.4, 0.5) is 17.2 Å². The fourth-order valence-corrected chi connectivity index (χ4v) is 5.31. The summed E-state index contributed by atoms with van der Waals surface area (Å²) in [6.45, 7) is 1.84. The lowest BCUT2D eigenvalue weighted by Crippen LogP contribution is -2.31. The second kappa shape index (κ2) is 9.39. The van der Waals surface area contributed by atoms with Gasteiger partial charge in [-0.3, -0.25) is 9.48 Å². The number of hydrogen-bond donors (Lipinski definition) is 3. The highest BCUT2D eigenvalue weighted by atomic mass is 79.9. The Bertz CT molecular complexity index is 1470. The first kappa shape index (κ1) is 22.7. The average molecular weight is 548 g/mol. The van der Waals surface area contributed by atoms with Crippen LogP contribution in [0.15, 0.2) is 59.1 Å². The van der Waals surface area contributed by atoms with Gasteiger partial charge in [-0.15, -0.1) is 0 Å². The first-order valence-corrected chi connectivity index (χ1v) is 12.8. The number of carbonyl (C=O) groups is 1. The number of carbonyl (C=O) groups excluding carboxylic acids is 1. The molecule has 2 aliphatic heterocycles. The van der Waals surface area contributed by atoms with Crippen LogP contribution in [-0.4, -0.2) is 41.5 Å². The van der Waals surface area contributed by atoms with Crippen LogP contribution in [0, 0.1) is 0 Å². The van der Waals surface area contributed by atoms with Crippen LogP contribution in [0.5, 0.6) is 11.5 Å². The van der Waals surface area contributed by atoms with Crippen LogP contribution < -0.4 is 25.4 Å². The second-order valence-electron chi connectivity index (χ2n) is 9.04. The summed E-state index contributed by atoms with van der Waals surface area (Å²) in [5, 5.41) is 15.7. The molecule has 1 saturated heterocycles. The lowest BCUT2D eigenvalue weighted by Gasteiger charge is -2.19. The Morgan fingerprint density at radius 1 is 1.11 bits per heavy atom. The Labute approximate surface area is 217 Å². The van der Waals surface area contributed by atoms with E-state index in [2.05, 4.69) is 50.1 Å². The second-order valence-corrected chi connectivity index (χ2v) is 9.83. The summed E-state index contributed by atoms with van der Waals surface area (Å²) in [5.41, 5.74) is 5.01. The molecule has 1 aromatic heterocycles. The van der Waals surface area contributed by atoms with Gasteiger partial charge in [-0.05, 0) is 69.9 Å². The fraction of sp³-hybridized carbons (Fsp3) is 0.259. The van der Waals surface area contributed by atoms with E-state index in [-0.39, 0.29) is 11.9 Å². The molecule has 36 heavy (non-hydrogen) atoms. The van der Waals surface area contributed by atoms with E-state index in [1.165, 1.54) is 0 Å². The highest BCUT2D eigenvalue weighted by Crippen LogP contribution is 2.40. The maximum absolute atomic E-state index is 11.4. The zero-order valence-electron chi connectivity index (χ0n) is 19.8. The van der Waals surface area contributed by atoms with Crippen molar-refractivity contribution < 1.29 is 14.3 Å². The van der Waals surface area contributed by atoms with Gasteiger partial charge in [0.25, 0.3) is 0 Å². The zero-order chi connectivity index (χ0) is 24.6. The van der Waals surface area contributed by atoms with Gasteiger partial charge in [0.1, 0.15) is 13.2 Å². The molecule has 1 fully saturated rings. The summed E-state index contributed by atoms with van der Waals surface area (Å²) >= 11 is 3.80. The predicted octanol–water partition coefficient (Wildman–Crippen LogP) is 5.21. The van der Waals surface area contributed by atoms with E-state index in [0.29, 0.717) is 26.2 Å². The van der Waals surface area contributed by atoms with E-state index in [1.54, 1.807) is 0 Å². The van der Waals surface area contributed by atoms with Gasteiger partial charge < -0.3 is 25.4 Å². The maximum atomic E-state index is 11.4. The minimum atomic E-state index is 0.129. The van der Waals surface area contributed by atoms with Gasteiger partial charge in [-0.1, -0.05) is 18.2 Å². The van der Waals surface area contributed by atoms with Gasteiger partial charge in [0.15, 0.2) is 17.3 Å². The third-order valence-electron chi connectivity index (χ3n) is 6.59. The van der Waals surface area contributed by atoms with Crippen molar-refractivity contribution in [2.75, 3.05) is 30.4 Å². The molecule has 0 radical (unpaired) electrons. The Hall–Kier alpha value is -3.72. The van der Waals surface area contributed by atoms with Crippen molar-refractivity contribution in [1.29, 1.82) is 0 Å². The van der Waals surface area contributed by atoms with Crippen molar-refractivity contribution in [3.05, 3.63) is 59.1 Å². The molecule has 184 valence electrons. The predicted molar refractivity (Wildman–Crippen MR) is 144 cm³/mol. The molecule has 4 aromatic rings. The number of anilines is 3. The van der Waals surface area contributed by atoms with E-state index in [9.17, 15) is 4.79 Å². The van der Waals surface area contributed by atoms with Gasteiger partial charge in [-0.25, -0.2) is 0 Å². The van der Waals surface area contributed by atoms with Crippen LogP contribution in [-0.2, 0) is 11.8 Å². The van der Waals surface area contributed by atoms with Crippen LogP contribution in [0.1, 0.15) is 12.8 Å². The molecule has 0 bridgehead atoms. The quantitative estimate of drug-likeness (QED) is 0.307. The summed E-state index contributed by atoms with van der Waals surface area (Å²) < 4.78 is 14.2. The molecule has 3 N–H and O–H groups in total. The van der Waals surface area contributed by atoms with E-state index in [4.69, 9.17) is 14.6 Å². The summed E-state index contributed by atoms with van der Waals surface area (Å²) in [5.74, 6) is 2.45. The molecule has 2 aliphatic rings. The number of aryl methyl sites for hydroxylation is 1. The summed E-state index contributed by atoms with van der Waals surface area (Å²) in [4.78, 5) is 11.4. The largest absolute Gasteiger partial charge is 0.486 e. The first-order chi connectivity index (χ1) is 17.5. The van der Waals surface area contributed by atoms with Gasteiger partial charge in [-0.2, -0.15) is 5.10 Å². The maximum Gasteiger partial charge on any atom is 0.220 e. The molecule has 3 heterocycles. The van der Waals surface area contributed by atoms with Crippen LogP contribution in [0.3, 0.4) is 0 Å². The monoisotopic (exact) mass is 547 g/mol. The van der Waals surface area contributed by atoms with Crippen molar-refractivity contribution in [3.63, 3.8) is 0 Å². The minimum absolute atomic E-state index is 0.129. The number of ether oxygens (including phenoxy) is 2. The molecule has 6 rings (SSSR count). The van der Waals surface area contributed by atoms with E-state index in [0.717, 1.165) is 61.6 Å². The van der Waals surface area contributed by atoms with Gasteiger partial charge in [0.2, 0.25) is 5.91 Å². The van der Waals surface area contributed by atoms with Crippen LogP contribution in [0.25, 0.3) is 22.0 Å². The number of benzene rings is 3. The van der Waals surface area contributed by atoms with Crippen LogP contribution in [0.2, 0.25) is 0 Å². The van der Waals surface area contributed by atoms with Crippen molar-refractivity contribution in [2.24, 2.45) is 7.05 Å².